The number of likely N-dealkylation sites (N-methyl/N-ethyl adjacent to an activating group) is 1. The van der Waals surface area contributed by atoms with E-state index < -0.39 is 5.76 Å². The maximum absolute atomic E-state index is 11.8. The molecule has 2 heterocycles. The zero-order valence-corrected chi connectivity index (χ0v) is 12.8. The van der Waals surface area contributed by atoms with Crippen molar-refractivity contribution in [2.45, 2.75) is 6.54 Å². The largest absolute Gasteiger partial charge is 0.437 e. The van der Waals surface area contributed by atoms with Crippen molar-refractivity contribution in [2.24, 2.45) is 0 Å². The van der Waals surface area contributed by atoms with Gasteiger partial charge in [0.25, 0.3) is 0 Å². The van der Waals surface area contributed by atoms with Gasteiger partial charge in [-0.15, -0.1) is 5.10 Å². The quantitative estimate of drug-likeness (QED) is 0.729. The van der Waals surface area contributed by atoms with Crippen molar-refractivity contribution in [3.63, 3.8) is 0 Å². The van der Waals surface area contributed by atoms with Crippen molar-refractivity contribution in [1.29, 1.82) is 0 Å². The summed E-state index contributed by atoms with van der Waals surface area (Å²) in [5.41, 5.74) is 1.60. The Morgan fingerprint density at radius 3 is 2.65 bits per heavy atom. The Hall–Kier alpha value is -3.09. The SMILES string of the molecule is CN(C)C(=O)Cn1nc(-c2cccc(-n3cccc3)c2)oc1=O. The summed E-state index contributed by atoms with van der Waals surface area (Å²) in [5, 5.41) is 4.11. The van der Waals surface area contributed by atoms with Crippen LogP contribution in [0.25, 0.3) is 17.1 Å². The first kappa shape index (κ1) is 14.8. The molecule has 0 unspecified atom stereocenters. The Balaban J connectivity index is 1.92. The maximum Gasteiger partial charge on any atom is 0.437 e. The maximum atomic E-state index is 11.8. The van der Waals surface area contributed by atoms with Gasteiger partial charge < -0.3 is 13.9 Å². The molecule has 0 aliphatic heterocycles. The van der Waals surface area contributed by atoms with E-state index in [2.05, 4.69) is 5.10 Å². The highest BCUT2D eigenvalue weighted by atomic mass is 16.4. The molecule has 0 bridgehead atoms. The molecule has 0 saturated heterocycles. The highest BCUT2D eigenvalue weighted by Crippen LogP contribution is 2.19. The molecule has 0 saturated carbocycles. The Bertz CT molecular complexity index is 875. The Labute approximate surface area is 132 Å². The monoisotopic (exact) mass is 312 g/mol. The van der Waals surface area contributed by atoms with Crippen LogP contribution in [0.4, 0.5) is 0 Å². The fourth-order valence-electron chi connectivity index (χ4n) is 2.10. The van der Waals surface area contributed by atoms with Crippen molar-refractivity contribution in [2.75, 3.05) is 14.1 Å². The molecule has 3 rings (SSSR count). The molecule has 7 nitrogen and oxygen atoms in total. The highest BCUT2D eigenvalue weighted by molar-refractivity contribution is 5.75. The van der Waals surface area contributed by atoms with E-state index in [0.29, 0.717) is 5.56 Å². The summed E-state index contributed by atoms with van der Waals surface area (Å²) < 4.78 is 8.14. The molecule has 0 spiro atoms. The van der Waals surface area contributed by atoms with Crippen LogP contribution in [0.2, 0.25) is 0 Å². The minimum absolute atomic E-state index is 0.146. The summed E-state index contributed by atoms with van der Waals surface area (Å²) in [5.74, 6) is -0.690. The predicted molar refractivity (Wildman–Crippen MR) is 84.2 cm³/mol. The van der Waals surface area contributed by atoms with Gasteiger partial charge in [-0.05, 0) is 30.3 Å². The molecule has 1 amide bonds. The average Bonchev–Trinajstić information content (AvgIpc) is 3.18. The van der Waals surface area contributed by atoms with Gasteiger partial charge in [0.1, 0.15) is 6.54 Å². The predicted octanol–water partition coefficient (Wildman–Crippen LogP) is 1.38. The van der Waals surface area contributed by atoms with Crippen molar-refractivity contribution in [1.82, 2.24) is 19.2 Å². The topological polar surface area (TPSA) is 73.3 Å². The van der Waals surface area contributed by atoms with Crippen LogP contribution in [0.1, 0.15) is 0 Å². The fourth-order valence-corrected chi connectivity index (χ4v) is 2.10. The van der Waals surface area contributed by atoms with Crippen LogP contribution < -0.4 is 5.76 Å². The number of hydrogen-bond acceptors (Lipinski definition) is 4. The molecule has 0 aliphatic carbocycles. The minimum atomic E-state index is -0.651. The van der Waals surface area contributed by atoms with E-state index in [1.165, 1.54) is 4.90 Å². The molecule has 0 radical (unpaired) electrons. The van der Waals surface area contributed by atoms with E-state index in [9.17, 15) is 9.59 Å². The average molecular weight is 312 g/mol. The van der Waals surface area contributed by atoms with Crippen molar-refractivity contribution < 1.29 is 9.21 Å². The number of amides is 1. The highest BCUT2D eigenvalue weighted by Gasteiger charge is 2.14. The van der Waals surface area contributed by atoms with Crippen LogP contribution in [-0.4, -0.2) is 39.3 Å². The van der Waals surface area contributed by atoms with Crippen LogP contribution in [-0.2, 0) is 11.3 Å². The zero-order chi connectivity index (χ0) is 16.4. The normalized spacial score (nSPS) is 10.7. The number of benzene rings is 1. The number of nitrogens with zero attached hydrogens (tertiary/aromatic N) is 4. The second-order valence-electron chi connectivity index (χ2n) is 5.26. The van der Waals surface area contributed by atoms with E-state index in [1.807, 2.05) is 47.3 Å². The Kier molecular flexibility index (Phi) is 3.84. The van der Waals surface area contributed by atoms with Gasteiger partial charge >= 0.3 is 5.76 Å². The molecular weight excluding hydrogens is 296 g/mol. The van der Waals surface area contributed by atoms with Crippen molar-refractivity contribution >= 4 is 5.91 Å². The molecule has 3 aromatic rings. The van der Waals surface area contributed by atoms with Crippen LogP contribution in [0, 0.1) is 0 Å². The summed E-state index contributed by atoms with van der Waals surface area (Å²) >= 11 is 0. The standard InChI is InChI=1S/C16H16N4O3/c1-18(2)14(21)11-20-16(22)23-15(17-20)12-6-5-7-13(10-12)19-8-3-4-9-19/h3-10H,11H2,1-2H3. The lowest BCUT2D eigenvalue weighted by Crippen LogP contribution is -2.30. The van der Waals surface area contributed by atoms with Crippen molar-refractivity contribution in [3.05, 3.63) is 59.3 Å². The summed E-state index contributed by atoms with van der Waals surface area (Å²) in [6, 6.07) is 11.3. The summed E-state index contributed by atoms with van der Waals surface area (Å²) in [7, 11) is 3.24. The lowest BCUT2D eigenvalue weighted by molar-refractivity contribution is -0.129. The molecule has 0 aliphatic rings. The van der Waals surface area contributed by atoms with Gasteiger partial charge in [-0.1, -0.05) is 6.07 Å². The first-order valence-electron chi connectivity index (χ1n) is 7.06. The first-order chi connectivity index (χ1) is 11.0. The van der Waals surface area contributed by atoms with Crippen LogP contribution in [0.5, 0.6) is 0 Å². The molecule has 1 aromatic carbocycles. The van der Waals surface area contributed by atoms with Gasteiger partial charge in [0, 0.05) is 37.7 Å². The fraction of sp³-hybridized carbons (Fsp3) is 0.188. The second kappa shape index (κ2) is 5.96. The zero-order valence-electron chi connectivity index (χ0n) is 12.8. The smallest absolute Gasteiger partial charge is 0.388 e. The molecule has 23 heavy (non-hydrogen) atoms. The van der Waals surface area contributed by atoms with E-state index in [-0.39, 0.29) is 18.3 Å². The van der Waals surface area contributed by atoms with Crippen LogP contribution in [0.3, 0.4) is 0 Å². The first-order valence-corrected chi connectivity index (χ1v) is 7.06. The molecule has 0 N–H and O–H groups in total. The molecule has 7 heteroatoms. The molecule has 2 aromatic heterocycles. The molecule has 0 atom stereocenters. The second-order valence-corrected chi connectivity index (χ2v) is 5.26. The third-order valence-corrected chi connectivity index (χ3v) is 3.39. The minimum Gasteiger partial charge on any atom is -0.388 e. The number of hydrogen-bond donors (Lipinski definition) is 0. The number of rotatable bonds is 4. The van der Waals surface area contributed by atoms with Gasteiger partial charge in [-0.2, -0.15) is 4.68 Å². The lowest BCUT2D eigenvalue weighted by atomic mass is 10.2. The van der Waals surface area contributed by atoms with Crippen LogP contribution in [0.15, 0.2) is 58.0 Å². The van der Waals surface area contributed by atoms with Gasteiger partial charge in [-0.3, -0.25) is 4.79 Å². The number of carbonyl (C=O) groups is 1. The Morgan fingerprint density at radius 2 is 1.96 bits per heavy atom. The van der Waals surface area contributed by atoms with E-state index >= 15 is 0 Å². The number of carbonyl (C=O) groups excluding carboxylic acids is 1. The third-order valence-electron chi connectivity index (χ3n) is 3.39. The van der Waals surface area contributed by atoms with Crippen LogP contribution >= 0.6 is 0 Å². The van der Waals surface area contributed by atoms with E-state index in [4.69, 9.17) is 4.42 Å². The Morgan fingerprint density at radius 1 is 1.22 bits per heavy atom. The molecule has 118 valence electrons. The van der Waals surface area contributed by atoms with E-state index in [0.717, 1.165) is 10.4 Å². The summed E-state index contributed by atoms with van der Waals surface area (Å²) in [6.45, 7) is -0.146. The van der Waals surface area contributed by atoms with E-state index in [1.54, 1.807) is 20.2 Å². The molecule has 0 fully saturated rings. The lowest BCUT2D eigenvalue weighted by Gasteiger charge is -2.08. The van der Waals surface area contributed by atoms with Gasteiger partial charge in [0.05, 0.1) is 0 Å². The third kappa shape index (κ3) is 3.08. The number of aromatic nitrogens is 3. The van der Waals surface area contributed by atoms with Gasteiger partial charge in [-0.25, -0.2) is 4.79 Å². The van der Waals surface area contributed by atoms with Gasteiger partial charge in [0.15, 0.2) is 0 Å². The van der Waals surface area contributed by atoms with Crippen molar-refractivity contribution in [3.8, 4) is 17.1 Å². The van der Waals surface area contributed by atoms with Gasteiger partial charge in [0.2, 0.25) is 11.8 Å². The summed E-state index contributed by atoms with van der Waals surface area (Å²) in [6.07, 6.45) is 3.84. The summed E-state index contributed by atoms with van der Waals surface area (Å²) in [4.78, 5) is 24.9. The molecular formula is C16H16N4O3.